The van der Waals surface area contributed by atoms with Crippen LogP contribution >= 0.6 is 22.9 Å². The minimum Gasteiger partial charge on any atom is -0.347 e. The molecule has 23 heavy (non-hydrogen) atoms. The van der Waals surface area contributed by atoms with E-state index in [1.165, 1.54) is 11.4 Å². The van der Waals surface area contributed by atoms with E-state index in [1.54, 1.807) is 11.3 Å². The van der Waals surface area contributed by atoms with E-state index in [4.69, 9.17) is 16.6 Å². The first kappa shape index (κ1) is 15.0. The van der Waals surface area contributed by atoms with E-state index in [0.29, 0.717) is 5.92 Å². The van der Waals surface area contributed by atoms with Crippen molar-refractivity contribution in [1.29, 1.82) is 0 Å². The lowest BCUT2D eigenvalue weighted by Gasteiger charge is -2.39. The van der Waals surface area contributed by atoms with Gasteiger partial charge in [-0.05, 0) is 18.6 Å². The first-order valence-corrected chi connectivity index (χ1v) is 9.15. The smallest absolute Gasteiger partial charge is 0.186 e. The Balaban J connectivity index is 1.48. The number of anilines is 1. The van der Waals surface area contributed by atoms with Crippen molar-refractivity contribution in [1.82, 2.24) is 14.5 Å². The van der Waals surface area contributed by atoms with Gasteiger partial charge in [-0.25, -0.2) is 9.97 Å². The molecule has 0 atom stereocenters. The van der Waals surface area contributed by atoms with E-state index in [-0.39, 0.29) is 0 Å². The highest BCUT2D eigenvalue weighted by molar-refractivity contribution is 7.22. The molecule has 1 fully saturated rings. The molecular weight excluding hydrogens is 328 g/mol. The summed E-state index contributed by atoms with van der Waals surface area (Å²) < 4.78 is 3.38. The van der Waals surface area contributed by atoms with Crippen molar-refractivity contribution in [2.24, 2.45) is 5.92 Å². The second kappa shape index (κ2) is 5.80. The number of aromatic nitrogens is 3. The molecule has 1 aliphatic heterocycles. The Morgan fingerprint density at radius 3 is 2.91 bits per heavy atom. The second-order valence-electron chi connectivity index (χ2n) is 6.16. The third-order valence-corrected chi connectivity index (χ3v) is 6.06. The highest BCUT2D eigenvalue weighted by Gasteiger charge is 2.30. The molecule has 0 radical (unpaired) electrons. The number of hydrogen-bond acceptors (Lipinski definition) is 4. The van der Waals surface area contributed by atoms with Gasteiger partial charge in [0.1, 0.15) is 5.82 Å². The van der Waals surface area contributed by atoms with Gasteiger partial charge >= 0.3 is 0 Å². The monoisotopic (exact) mass is 346 g/mol. The van der Waals surface area contributed by atoms with Crippen LogP contribution in [-0.2, 0) is 13.0 Å². The van der Waals surface area contributed by atoms with E-state index in [1.807, 2.05) is 18.3 Å². The van der Waals surface area contributed by atoms with Crippen LogP contribution in [0.3, 0.4) is 0 Å². The Kier molecular flexibility index (Phi) is 3.77. The maximum absolute atomic E-state index is 6.31. The number of imidazole rings is 1. The summed E-state index contributed by atoms with van der Waals surface area (Å²) in [7, 11) is 0. The molecule has 120 valence electrons. The summed E-state index contributed by atoms with van der Waals surface area (Å²) in [6.45, 7) is 7.39. The summed E-state index contributed by atoms with van der Waals surface area (Å²) in [5.74, 6) is 1.84. The summed E-state index contributed by atoms with van der Waals surface area (Å²) in [6.07, 6.45) is 4.97. The fraction of sp³-hybridized carbons (Fsp3) is 0.412. The fourth-order valence-electron chi connectivity index (χ4n) is 3.17. The molecular formula is C17H19ClN4S. The van der Waals surface area contributed by atoms with Gasteiger partial charge in [-0.1, -0.05) is 35.9 Å². The van der Waals surface area contributed by atoms with Gasteiger partial charge in [-0.15, -0.1) is 0 Å². The van der Waals surface area contributed by atoms with Gasteiger partial charge in [0, 0.05) is 44.4 Å². The van der Waals surface area contributed by atoms with E-state index in [2.05, 4.69) is 34.5 Å². The molecule has 0 unspecified atom stereocenters. The van der Waals surface area contributed by atoms with Crippen molar-refractivity contribution in [2.45, 2.75) is 26.8 Å². The summed E-state index contributed by atoms with van der Waals surface area (Å²) in [6, 6.07) is 4.00. The molecule has 4 nitrogen and oxygen atoms in total. The maximum Gasteiger partial charge on any atom is 0.186 e. The number of aryl methyl sites for hydroxylation is 2. The van der Waals surface area contributed by atoms with Crippen molar-refractivity contribution in [3.63, 3.8) is 0 Å². The summed E-state index contributed by atoms with van der Waals surface area (Å²) in [4.78, 5) is 11.6. The number of fused-ring (bicyclic) bond motifs is 1. The molecule has 6 heteroatoms. The Labute approximate surface area is 144 Å². The van der Waals surface area contributed by atoms with Crippen LogP contribution in [0, 0.1) is 12.8 Å². The predicted molar refractivity (Wildman–Crippen MR) is 96.7 cm³/mol. The zero-order chi connectivity index (χ0) is 16.0. The van der Waals surface area contributed by atoms with Crippen molar-refractivity contribution in [2.75, 3.05) is 18.0 Å². The SMILES string of the molecule is CCc1nccn1CC1CN(c2nc3c(C)ccc(Cl)c3s2)C1. The van der Waals surface area contributed by atoms with Gasteiger partial charge in [-0.2, -0.15) is 0 Å². The van der Waals surface area contributed by atoms with Crippen LogP contribution in [0.5, 0.6) is 0 Å². The van der Waals surface area contributed by atoms with Gasteiger partial charge in [0.25, 0.3) is 0 Å². The summed E-state index contributed by atoms with van der Waals surface area (Å²) in [5, 5.41) is 1.89. The fourth-order valence-corrected chi connectivity index (χ4v) is 4.50. The van der Waals surface area contributed by atoms with Crippen LogP contribution in [0.15, 0.2) is 24.5 Å². The maximum atomic E-state index is 6.31. The minimum atomic E-state index is 0.665. The molecule has 3 aromatic rings. The van der Waals surface area contributed by atoms with Gasteiger partial charge in [0.2, 0.25) is 0 Å². The van der Waals surface area contributed by atoms with E-state index in [9.17, 15) is 0 Å². The molecule has 0 N–H and O–H groups in total. The van der Waals surface area contributed by atoms with Gasteiger partial charge < -0.3 is 9.47 Å². The van der Waals surface area contributed by atoms with Crippen molar-refractivity contribution in [3.8, 4) is 0 Å². The lowest BCUT2D eigenvalue weighted by molar-refractivity contribution is 0.353. The third kappa shape index (κ3) is 2.62. The molecule has 0 saturated carbocycles. The molecule has 0 spiro atoms. The topological polar surface area (TPSA) is 34.0 Å². The lowest BCUT2D eigenvalue weighted by atomic mass is 10.0. The predicted octanol–water partition coefficient (Wildman–Crippen LogP) is 4.15. The Bertz CT molecular complexity index is 809. The Morgan fingerprint density at radius 2 is 2.17 bits per heavy atom. The molecule has 1 aromatic carbocycles. The largest absolute Gasteiger partial charge is 0.347 e. The van der Waals surface area contributed by atoms with Crippen LogP contribution < -0.4 is 4.90 Å². The Hall–Kier alpha value is -1.59. The average molecular weight is 347 g/mol. The molecule has 0 bridgehead atoms. The van der Waals surface area contributed by atoms with Crippen molar-refractivity contribution < 1.29 is 0 Å². The van der Waals surface area contributed by atoms with Gasteiger partial charge in [0.05, 0.1) is 15.2 Å². The number of nitrogens with zero attached hydrogens (tertiary/aromatic N) is 4. The van der Waals surface area contributed by atoms with E-state index < -0.39 is 0 Å². The Morgan fingerprint density at radius 1 is 1.35 bits per heavy atom. The van der Waals surface area contributed by atoms with Crippen molar-refractivity contribution in [3.05, 3.63) is 40.9 Å². The van der Waals surface area contributed by atoms with Crippen LogP contribution in [0.1, 0.15) is 18.3 Å². The molecule has 1 aliphatic rings. The van der Waals surface area contributed by atoms with E-state index >= 15 is 0 Å². The number of hydrogen-bond donors (Lipinski definition) is 0. The highest BCUT2D eigenvalue weighted by Crippen LogP contribution is 2.38. The zero-order valence-corrected chi connectivity index (χ0v) is 14.9. The minimum absolute atomic E-state index is 0.665. The van der Waals surface area contributed by atoms with Crippen LogP contribution in [0.4, 0.5) is 5.13 Å². The molecule has 4 rings (SSSR count). The number of halogens is 1. The van der Waals surface area contributed by atoms with Crippen LogP contribution in [-0.4, -0.2) is 27.6 Å². The average Bonchev–Trinajstić information content (AvgIpc) is 3.13. The molecule has 2 aromatic heterocycles. The summed E-state index contributed by atoms with van der Waals surface area (Å²) in [5.41, 5.74) is 2.24. The van der Waals surface area contributed by atoms with Gasteiger partial charge in [-0.3, -0.25) is 0 Å². The lowest BCUT2D eigenvalue weighted by Crippen LogP contribution is -2.48. The number of rotatable bonds is 4. The van der Waals surface area contributed by atoms with E-state index in [0.717, 1.165) is 46.4 Å². The first-order chi connectivity index (χ1) is 11.2. The van der Waals surface area contributed by atoms with Crippen LogP contribution in [0.2, 0.25) is 5.02 Å². The third-order valence-electron chi connectivity index (χ3n) is 4.49. The van der Waals surface area contributed by atoms with Crippen LogP contribution in [0.25, 0.3) is 10.2 Å². The second-order valence-corrected chi connectivity index (χ2v) is 7.54. The number of benzene rings is 1. The quantitative estimate of drug-likeness (QED) is 0.711. The molecule has 0 aliphatic carbocycles. The van der Waals surface area contributed by atoms with Crippen molar-refractivity contribution >= 4 is 38.3 Å². The molecule has 3 heterocycles. The van der Waals surface area contributed by atoms with Gasteiger partial charge in [0.15, 0.2) is 5.13 Å². The first-order valence-electron chi connectivity index (χ1n) is 7.96. The molecule has 1 saturated heterocycles. The standard InChI is InChI=1S/C17H19ClN4S/c1-3-14-19-6-7-21(14)8-12-9-22(10-12)17-20-15-11(2)4-5-13(18)16(15)23-17/h4-7,12H,3,8-10H2,1-2H3. The normalized spacial score (nSPS) is 15.3. The zero-order valence-electron chi connectivity index (χ0n) is 13.3. The number of thiazole rings is 1. The summed E-state index contributed by atoms with van der Waals surface area (Å²) >= 11 is 8.01. The highest BCUT2D eigenvalue weighted by atomic mass is 35.5. The molecule has 0 amide bonds.